The van der Waals surface area contributed by atoms with Gasteiger partial charge in [-0.2, -0.15) is 0 Å². The molecule has 1 aromatic heterocycles. The predicted molar refractivity (Wildman–Crippen MR) is 78.6 cm³/mol. The molecule has 3 rings (SSSR count). The van der Waals surface area contributed by atoms with Crippen molar-refractivity contribution in [3.05, 3.63) is 36.0 Å². The molecular weight excluding hydrogens is 252 g/mol. The number of aliphatic hydroxyl groups is 1. The number of rotatable bonds is 3. The van der Waals surface area contributed by atoms with E-state index in [9.17, 15) is 4.79 Å². The van der Waals surface area contributed by atoms with E-state index in [2.05, 4.69) is 4.98 Å². The molecule has 2 heterocycles. The molecule has 1 aliphatic rings. The zero-order valence-electron chi connectivity index (χ0n) is 11.5. The number of aromatic nitrogens is 1. The summed E-state index contributed by atoms with van der Waals surface area (Å²) in [5, 5.41) is 10.0. The minimum Gasteiger partial charge on any atom is -0.396 e. The number of likely N-dealkylation sites (tertiary alicyclic amines) is 1. The van der Waals surface area contributed by atoms with E-state index in [4.69, 9.17) is 5.11 Å². The molecule has 1 aliphatic heterocycles. The standard InChI is InChI=1S/C16H20N2O2/c19-9-7-12-4-3-8-18(11-12)16(20)14-10-17-15-6-2-1-5-13(14)15/h1-2,5-6,10,12,17,19H,3-4,7-9,11H2. The fourth-order valence-electron chi connectivity index (χ4n) is 3.09. The molecule has 1 unspecified atom stereocenters. The minimum absolute atomic E-state index is 0.102. The van der Waals surface area contributed by atoms with Gasteiger partial charge in [-0.05, 0) is 31.2 Å². The van der Waals surface area contributed by atoms with Crippen LogP contribution in [-0.4, -0.2) is 40.6 Å². The van der Waals surface area contributed by atoms with Crippen molar-refractivity contribution in [3.63, 3.8) is 0 Å². The molecule has 1 atom stereocenters. The third-order valence-corrected chi connectivity index (χ3v) is 4.16. The number of H-pyrrole nitrogens is 1. The van der Waals surface area contributed by atoms with Gasteiger partial charge in [-0.1, -0.05) is 18.2 Å². The zero-order chi connectivity index (χ0) is 13.9. The van der Waals surface area contributed by atoms with Crippen LogP contribution in [0.25, 0.3) is 10.9 Å². The van der Waals surface area contributed by atoms with Gasteiger partial charge in [0.1, 0.15) is 0 Å². The maximum absolute atomic E-state index is 12.7. The SMILES string of the molecule is O=C(c1c[nH]c2ccccc12)N1CCCC(CCO)C1. The highest BCUT2D eigenvalue weighted by atomic mass is 16.3. The Hall–Kier alpha value is -1.81. The van der Waals surface area contributed by atoms with E-state index >= 15 is 0 Å². The molecule has 0 spiro atoms. The molecule has 2 aromatic rings. The number of nitrogens with zero attached hydrogens (tertiary/aromatic N) is 1. The molecule has 1 saturated heterocycles. The van der Waals surface area contributed by atoms with Gasteiger partial charge >= 0.3 is 0 Å². The number of carbonyl (C=O) groups excluding carboxylic acids is 1. The summed E-state index contributed by atoms with van der Waals surface area (Å²) in [5.74, 6) is 0.535. The van der Waals surface area contributed by atoms with Gasteiger partial charge in [-0.3, -0.25) is 4.79 Å². The summed E-state index contributed by atoms with van der Waals surface area (Å²) in [6.07, 6.45) is 4.73. The molecule has 0 aliphatic carbocycles. The molecule has 1 aromatic carbocycles. The highest BCUT2D eigenvalue weighted by Gasteiger charge is 2.25. The predicted octanol–water partition coefficient (Wildman–Crippen LogP) is 2.40. The second-order valence-electron chi connectivity index (χ2n) is 5.52. The first-order valence-electron chi connectivity index (χ1n) is 7.26. The summed E-state index contributed by atoms with van der Waals surface area (Å²) >= 11 is 0. The number of aromatic amines is 1. The molecule has 2 N–H and O–H groups in total. The molecule has 0 radical (unpaired) electrons. The first-order valence-corrected chi connectivity index (χ1v) is 7.26. The van der Waals surface area contributed by atoms with E-state index in [0.29, 0.717) is 5.92 Å². The smallest absolute Gasteiger partial charge is 0.256 e. The topological polar surface area (TPSA) is 56.3 Å². The van der Waals surface area contributed by atoms with Crippen LogP contribution < -0.4 is 0 Å². The number of hydrogen-bond donors (Lipinski definition) is 2. The van der Waals surface area contributed by atoms with Crippen LogP contribution in [0.1, 0.15) is 29.6 Å². The Bertz CT molecular complexity index is 603. The van der Waals surface area contributed by atoms with Crippen molar-refractivity contribution in [2.75, 3.05) is 19.7 Å². The lowest BCUT2D eigenvalue weighted by atomic mass is 9.94. The second kappa shape index (κ2) is 5.67. The third-order valence-electron chi connectivity index (χ3n) is 4.16. The second-order valence-corrected chi connectivity index (χ2v) is 5.52. The van der Waals surface area contributed by atoms with Crippen LogP contribution in [0.15, 0.2) is 30.5 Å². The quantitative estimate of drug-likeness (QED) is 0.901. The van der Waals surface area contributed by atoms with E-state index in [1.165, 1.54) is 0 Å². The van der Waals surface area contributed by atoms with E-state index in [1.54, 1.807) is 0 Å². The Morgan fingerprint density at radius 2 is 2.25 bits per heavy atom. The van der Waals surface area contributed by atoms with Crippen LogP contribution in [0, 0.1) is 5.92 Å². The molecular formula is C16H20N2O2. The molecule has 0 bridgehead atoms. The van der Waals surface area contributed by atoms with Crippen LogP contribution in [0.5, 0.6) is 0 Å². The van der Waals surface area contributed by atoms with Crippen LogP contribution in [-0.2, 0) is 0 Å². The van der Waals surface area contributed by atoms with Gasteiger partial charge in [-0.25, -0.2) is 0 Å². The van der Waals surface area contributed by atoms with Gasteiger partial charge < -0.3 is 15.0 Å². The number of benzene rings is 1. The van der Waals surface area contributed by atoms with Crippen molar-refractivity contribution in [3.8, 4) is 0 Å². The fraction of sp³-hybridized carbons (Fsp3) is 0.438. The number of aliphatic hydroxyl groups excluding tert-OH is 1. The van der Waals surface area contributed by atoms with Crippen molar-refractivity contribution < 1.29 is 9.90 Å². The summed E-state index contributed by atoms with van der Waals surface area (Å²) in [7, 11) is 0. The molecule has 0 saturated carbocycles. The molecule has 1 amide bonds. The van der Waals surface area contributed by atoms with Gasteiger partial charge in [0.2, 0.25) is 0 Å². The van der Waals surface area contributed by atoms with Crippen molar-refractivity contribution >= 4 is 16.8 Å². The van der Waals surface area contributed by atoms with Crippen molar-refractivity contribution in [2.45, 2.75) is 19.3 Å². The maximum Gasteiger partial charge on any atom is 0.256 e. The average molecular weight is 272 g/mol. The summed E-state index contributed by atoms with van der Waals surface area (Å²) < 4.78 is 0. The molecule has 106 valence electrons. The lowest BCUT2D eigenvalue weighted by Gasteiger charge is -2.32. The number of carbonyl (C=O) groups is 1. The van der Waals surface area contributed by atoms with Gasteiger partial charge in [0.15, 0.2) is 0 Å². The van der Waals surface area contributed by atoms with Crippen molar-refractivity contribution in [2.24, 2.45) is 5.92 Å². The summed E-state index contributed by atoms with van der Waals surface area (Å²) in [5.41, 5.74) is 1.75. The fourth-order valence-corrected chi connectivity index (χ4v) is 3.09. The summed E-state index contributed by atoms with van der Waals surface area (Å²) in [4.78, 5) is 17.8. The molecule has 1 fully saturated rings. The summed E-state index contributed by atoms with van der Waals surface area (Å²) in [6, 6.07) is 7.88. The average Bonchev–Trinajstić information content (AvgIpc) is 2.91. The molecule has 4 heteroatoms. The number of nitrogens with one attached hydrogen (secondary N) is 1. The van der Waals surface area contributed by atoms with Gasteiger partial charge in [-0.15, -0.1) is 0 Å². The van der Waals surface area contributed by atoms with Crippen LogP contribution >= 0.6 is 0 Å². The zero-order valence-corrected chi connectivity index (χ0v) is 11.5. The largest absolute Gasteiger partial charge is 0.396 e. The normalized spacial score (nSPS) is 19.4. The lowest BCUT2D eigenvalue weighted by Crippen LogP contribution is -2.40. The van der Waals surface area contributed by atoms with E-state index in [1.807, 2.05) is 35.4 Å². The highest BCUT2D eigenvalue weighted by molar-refractivity contribution is 6.06. The third kappa shape index (κ3) is 2.43. The number of para-hydroxylation sites is 1. The number of fused-ring (bicyclic) bond motifs is 1. The number of piperidine rings is 1. The first-order chi connectivity index (χ1) is 9.79. The van der Waals surface area contributed by atoms with Gasteiger partial charge in [0, 0.05) is 36.8 Å². The van der Waals surface area contributed by atoms with Crippen molar-refractivity contribution in [1.82, 2.24) is 9.88 Å². The molecule has 4 nitrogen and oxygen atoms in total. The Morgan fingerprint density at radius 3 is 3.10 bits per heavy atom. The first kappa shape index (κ1) is 13.2. The Kier molecular flexibility index (Phi) is 3.74. The van der Waals surface area contributed by atoms with Crippen LogP contribution in [0.2, 0.25) is 0 Å². The van der Waals surface area contributed by atoms with E-state index < -0.39 is 0 Å². The Morgan fingerprint density at radius 1 is 1.40 bits per heavy atom. The lowest BCUT2D eigenvalue weighted by molar-refractivity contribution is 0.0655. The van der Waals surface area contributed by atoms with E-state index in [-0.39, 0.29) is 12.5 Å². The highest BCUT2D eigenvalue weighted by Crippen LogP contribution is 2.24. The van der Waals surface area contributed by atoms with E-state index in [0.717, 1.165) is 48.8 Å². The van der Waals surface area contributed by atoms with Gasteiger partial charge in [0.05, 0.1) is 5.56 Å². The van der Waals surface area contributed by atoms with Crippen LogP contribution in [0.3, 0.4) is 0 Å². The molecule has 20 heavy (non-hydrogen) atoms. The van der Waals surface area contributed by atoms with Crippen molar-refractivity contribution in [1.29, 1.82) is 0 Å². The minimum atomic E-state index is 0.102. The Balaban J connectivity index is 1.81. The number of amides is 1. The maximum atomic E-state index is 12.7. The monoisotopic (exact) mass is 272 g/mol. The van der Waals surface area contributed by atoms with Crippen LogP contribution in [0.4, 0.5) is 0 Å². The summed E-state index contributed by atoms with van der Waals surface area (Å²) in [6.45, 7) is 1.79. The Labute approximate surface area is 118 Å². The number of hydrogen-bond acceptors (Lipinski definition) is 2. The van der Waals surface area contributed by atoms with Gasteiger partial charge in [0.25, 0.3) is 5.91 Å².